The lowest BCUT2D eigenvalue weighted by molar-refractivity contribution is -0.150. The lowest BCUT2D eigenvalue weighted by Crippen LogP contribution is -2.35. The highest BCUT2D eigenvalue weighted by molar-refractivity contribution is 5.77. The average molecular weight is 469 g/mol. The second-order valence-electron chi connectivity index (χ2n) is 10.8. The van der Waals surface area contributed by atoms with Crippen LogP contribution >= 0.6 is 0 Å². The zero-order chi connectivity index (χ0) is 25.2. The van der Waals surface area contributed by atoms with Crippen LogP contribution in [0.4, 0.5) is 0 Å². The summed E-state index contributed by atoms with van der Waals surface area (Å²) >= 11 is 0. The van der Waals surface area contributed by atoms with Crippen molar-refractivity contribution in [3.8, 4) is 0 Å². The number of nitrogens with two attached hydrogens (primary N) is 1. The second-order valence-corrected chi connectivity index (χ2v) is 10.8. The number of amides is 1. The van der Waals surface area contributed by atoms with Gasteiger partial charge in [-0.25, -0.2) is 0 Å². The van der Waals surface area contributed by atoms with E-state index in [0.717, 1.165) is 32.1 Å². The average Bonchev–Trinajstić information content (AvgIpc) is 3.30. The minimum Gasteiger partial charge on any atom is -0.466 e. The molecular formula is C26H48N2O5. The molecule has 2 saturated carbocycles. The van der Waals surface area contributed by atoms with E-state index in [0.29, 0.717) is 37.9 Å². The third-order valence-electron chi connectivity index (χ3n) is 6.71. The molecule has 6 unspecified atom stereocenters. The summed E-state index contributed by atoms with van der Waals surface area (Å²) in [7, 11) is 0. The van der Waals surface area contributed by atoms with Crippen molar-refractivity contribution in [1.82, 2.24) is 5.32 Å². The van der Waals surface area contributed by atoms with Gasteiger partial charge in [-0.05, 0) is 56.8 Å². The molecule has 0 saturated heterocycles. The summed E-state index contributed by atoms with van der Waals surface area (Å²) in [6.07, 6.45) is 5.87. The van der Waals surface area contributed by atoms with E-state index in [1.54, 1.807) is 0 Å². The Morgan fingerprint density at radius 2 is 1.30 bits per heavy atom. The Morgan fingerprint density at radius 1 is 0.818 bits per heavy atom. The first-order valence-corrected chi connectivity index (χ1v) is 12.8. The van der Waals surface area contributed by atoms with Gasteiger partial charge in [-0.3, -0.25) is 14.4 Å². The molecule has 7 heteroatoms. The number of rotatable bonds is 8. The molecule has 6 atom stereocenters. The molecule has 0 spiro atoms. The third kappa shape index (κ3) is 10.0. The van der Waals surface area contributed by atoms with Gasteiger partial charge in [0.1, 0.15) is 0 Å². The minimum absolute atomic E-state index is 0.00656. The Labute approximate surface area is 200 Å². The van der Waals surface area contributed by atoms with Crippen molar-refractivity contribution in [2.45, 2.75) is 105 Å². The van der Waals surface area contributed by atoms with E-state index in [9.17, 15) is 14.4 Å². The van der Waals surface area contributed by atoms with E-state index in [4.69, 9.17) is 15.2 Å². The first-order valence-electron chi connectivity index (χ1n) is 12.8. The molecule has 0 aromatic rings. The van der Waals surface area contributed by atoms with Gasteiger partial charge in [0.25, 0.3) is 0 Å². The van der Waals surface area contributed by atoms with Gasteiger partial charge in [0.15, 0.2) is 0 Å². The quantitative estimate of drug-likeness (QED) is 0.517. The van der Waals surface area contributed by atoms with Gasteiger partial charge < -0.3 is 20.5 Å². The Bertz CT molecular complexity index is 631. The van der Waals surface area contributed by atoms with Gasteiger partial charge in [-0.2, -0.15) is 0 Å². The number of nitrogens with one attached hydrogen (secondary N) is 1. The highest BCUT2D eigenvalue weighted by atomic mass is 16.5. The fourth-order valence-electron chi connectivity index (χ4n) is 5.15. The van der Waals surface area contributed by atoms with Gasteiger partial charge in [0.2, 0.25) is 5.91 Å². The summed E-state index contributed by atoms with van der Waals surface area (Å²) < 4.78 is 10.2. The molecular weight excluding hydrogens is 420 g/mol. The van der Waals surface area contributed by atoms with E-state index in [1.807, 2.05) is 13.8 Å². The predicted octanol–water partition coefficient (Wildman–Crippen LogP) is 4.22. The second kappa shape index (κ2) is 13.9. The van der Waals surface area contributed by atoms with E-state index >= 15 is 0 Å². The van der Waals surface area contributed by atoms with E-state index in [1.165, 1.54) is 0 Å². The van der Waals surface area contributed by atoms with Crippen LogP contribution in [0.3, 0.4) is 0 Å². The SMILES string of the molecule is CCOC(=O)C1CC(N)CC1CC.CCOC(=O)C1CC(NC(=O)CC(C)(C)C)CC1CC. The zero-order valence-electron chi connectivity index (χ0n) is 21.9. The van der Waals surface area contributed by atoms with Crippen LogP contribution in [0.2, 0.25) is 0 Å². The summed E-state index contributed by atoms with van der Waals surface area (Å²) in [6, 6.07) is 0.309. The van der Waals surface area contributed by atoms with Gasteiger partial charge in [-0.15, -0.1) is 0 Å². The normalized spacial score (nSPS) is 29.1. The standard InChI is InChI=1S/C16H29NO3.C10H19NO2/c1-6-11-8-12(9-13(11)15(19)20-7-2)17-14(18)10-16(3,4)5;1-3-7-5-8(11)6-9(7)10(12)13-4-2/h11-13H,6-10H2,1-5H3,(H,17,18);7-9H,3-6,11H2,1-2H3. The zero-order valence-corrected chi connectivity index (χ0v) is 21.9. The molecule has 33 heavy (non-hydrogen) atoms. The van der Waals surface area contributed by atoms with Gasteiger partial charge in [0.05, 0.1) is 25.0 Å². The highest BCUT2D eigenvalue weighted by Gasteiger charge is 2.39. The largest absolute Gasteiger partial charge is 0.466 e. The van der Waals surface area contributed by atoms with Crippen LogP contribution in [-0.2, 0) is 23.9 Å². The molecule has 0 aliphatic heterocycles. The smallest absolute Gasteiger partial charge is 0.309 e. The summed E-state index contributed by atoms with van der Waals surface area (Å²) in [6.45, 7) is 14.9. The molecule has 3 N–H and O–H groups in total. The van der Waals surface area contributed by atoms with E-state index in [2.05, 4.69) is 39.9 Å². The lowest BCUT2D eigenvalue weighted by atomic mass is 9.92. The van der Waals surface area contributed by atoms with Crippen molar-refractivity contribution in [3.63, 3.8) is 0 Å². The van der Waals surface area contributed by atoms with E-state index < -0.39 is 0 Å². The van der Waals surface area contributed by atoms with Crippen molar-refractivity contribution in [1.29, 1.82) is 0 Å². The molecule has 192 valence electrons. The van der Waals surface area contributed by atoms with Gasteiger partial charge in [-0.1, -0.05) is 47.5 Å². The maximum Gasteiger partial charge on any atom is 0.309 e. The van der Waals surface area contributed by atoms with Crippen LogP contribution in [0.1, 0.15) is 93.4 Å². The molecule has 2 rings (SSSR count). The number of carbonyl (C=O) groups excluding carboxylic acids is 3. The van der Waals surface area contributed by atoms with Crippen molar-refractivity contribution in [2.24, 2.45) is 34.8 Å². The summed E-state index contributed by atoms with van der Waals surface area (Å²) in [5.74, 6) is 0.693. The Hall–Kier alpha value is -1.63. The molecule has 2 fully saturated rings. The Kier molecular flexibility index (Phi) is 12.4. The van der Waals surface area contributed by atoms with Gasteiger partial charge in [0, 0.05) is 18.5 Å². The van der Waals surface area contributed by atoms with Crippen LogP contribution < -0.4 is 11.1 Å². The van der Waals surface area contributed by atoms with Crippen LogP contribution in [0, 0.1) is 29.1 Å². The molecule has 2 aliphatic carbocycles. The van der Waals surface area contributed by atoms with Crippen LogP contribution in [0.5, 0.6) is 0 Å². The van der Waals surface area contributed by atoms with Crippen LogP contribution in [0.25, 0.3) is 0 Å². The Balaban J connectivity index is 0.000000361. The van der Waals surface area contributed by atoms with Crippen LogP contribution in [-0.4, -0.2) is 43.1 Å². The number of esters is 2. The predicted molar refractivity (Wildman–Crippen MR) is 130 cm³/mol. The Morgan fingerprint density at radius 3 is 1.76 bits per heavy atom. The number of hydrogen-bond acceptors (Lipinski definition) is 6. The fraction of sp³-hybridized carbons (Fsp3) is 0.885. The number of hydrogen-bond donors (Lipinski definition) is 2. The summed E-state index contributed by atoms with van der Waals surface area (Å²) in [5, 5.41) is 3.08. The molecule has 0 radical (unpaired) electrons. The van der Waals surface area contributed by atoms with E-state index in [-0.39, 0.29) is 47.2 Å². The summed E-state index contributed by atoms with van der Waals surface area (Å²) in [4.78, 5) is 35.4. The fourth-order valence-corrected chi connectivity index (χ4v) is 5.15. The van der Waals surface area contributed by atoms with Crippen molar-refractivity contribution in [2.75, 3.05) is 13.2 Å². The molecule has 0 heterocycles. The molecule has 0 aromatic carbocycles. The van der Waals surface area contributed by atoms with Crippen molar-refractivity contribution in [3.05, 3.63) is 0 Å². The van der Waals surface area contributed by atoms with Crippen LogP contribution in [0.15, 0.2) is 0 Å². The monoisotopic (exact) mass is 468 g/mol. The number of carbonyl (C=O) groups is 3. The molecule has 2 aliphatic rings. The maximum absolute atomic E-state index is 12.0. The van der Waals surface area contributed by atoms with Gasteiger partial charge >= 0.3 is 11.9 Å². The highest BCUT2D eigenvalue weighted by Crippen LogP contribution is 2.36. The minimum atomic E-state index is -0.105. The summed E-state index contributed by atoms with van der Waals surface area (Å²) in [5.41, 5.74) is 5.81. The molecule has 0 aromatic heterocycles. The van der Waals surface area contributed by atoms with Crippen molar-refractivity contribution >= 4 is 17.8 Å². The maximum atomic E-state index is 12.0. The third-order valence-corrected chi connectivity index (χ3v) is 6.71. The first kappa shape index (κ1) is 29.4. The lowest BCUT2D eigenvalue weighted by Gasteiger charge is -2.19. The molecule has 7 nitrogen and oxygen atoms in total. The first-order chi connectivity index (χ1) is 15.4. The molecule has 1 amide bonds. The topological polar surface area (TPSA) is 108 Å². The number of ether oxygens (including phenoxy) is 2. The van der Waals surface area contributed by atoms with Crippen molar-refractivity contribution < 1.29 is 23.9 Å². The molecule has 0 bridgehead atoms.